The molecule has 0 amide bonds. The highest BCUT2D eigenvalue weighted by molar-refractivity contribution is 5.96. The summed E-state index contributed by atoms with van der Waals surface area (Å²) in [7, 11) is 2.08. The summed E-state index contributed by atoms with van der Waals surface area (Å²) in [5.74, 6) is 0. The molecule has 90 valence electrons. The predicted octanol–water partition coefficient (Wildman–Crippen LogP) is 1.06. The lowest BCUT2D eigenvalue weighted by atomic mass is 10.1. The lowest BCUT2D eigenvalue weighted by Gasteiger charge is -2.34. The molecule has 0 unspecified atom stereocenters. The Morgan fingerprint density at radius 1 is 1.06 bits per heavy atom. The lowest BCUT2D eigenvalue weighted by molar-refractivity contribution is 0.109. The van der Waals surface area contributed by atoms with Gasteiger partial charge in [-0.25, -0.2) is 0 Å². The number of likely N-dealkylation sites (N-methyl/N-ethyl adjacent to an activating group) is 1. The first-order valence-corrected chi connectivity index (χ1v) is 5.73. The molecular weight excluding hydrogens is 216 g/mol. The number of hydrogen-bond donors (Lipinski definition) is 0. The van der Waals surface area contributed by atoms with Gasteiger partial charge in [0.25, 0.3) is 0 Å². The molecule has 0 saturated carbocycles. The second kappa shape index (κ2) is 5.10. The minimum Gasteiger partial charge on any atom is -0.368 e. The van der Waals surface area contributed by atoms with Crippen molar-refractivity contribution in [2.24, 2.45) is 0 Å². The molecule has 17 heavy (non-hydrogen) atoms. The van der Waals surface area contributed by atoms with Gasteiger partial charge in [0.05, 0.1) is 0 Å². The molecule has 2 rings (SSSR count). The van der Waals surface area contributed by atoms with Crippen LogP contribution < -0.4 is 4.90 Å². The van der Waals surface area contributed by atoms with E-state index in [0.717, 1.165) is 44.4 Å². The molecule has 0 spiro atoms. The van der Waals surface area contributed by atoms with E-state index in [1.165, 1.54) is 0 Å². The Morgan fingerprint density at radius 2 is 1.76 bits per heavy atom. The zero-order valence-electron chi connectivity index (χ0n) is 9.93. The summed E-state index contributed by atoms with van der Waals surface area (Å²) in [5, 5.41) is 0. The van der Waals surface area contributed by atoms with E-state index in [1.54, 1.807) is 6.07 Å². The number of benzene rings is 1. The van der Waals surface area contributed by atoms with Crippen molar-refractivity contribution in [1.29, 1.82) is 0 Å². The first-order valence-electron chi connectivity index (χ1n) is 5.73. The van der Waals surface area contributed by atoms with Gasteiger partial charge in [-0.05, 0) is 13.1 Å². The topological polar surface area (TPSA) is 40.6 Å². The predicted molar refractivity (Wildman–Crippen MR) is 66.9 cm³/mol. The summed E-state index contributed by atoms with van der Waals surface area (Å²) >= 11 is 0. The van der Waals surface area contributed by atoms with Gasteiger partial charge in [0.15, 0.2) is 12.6 Å². The SMILES string of the molecule is CN1CCN(c2cccc(C=O)c2C=O)CC1. The number of carbonyl (C=O) groups excluding carboxylic acids is 2. The molecule has 1 fully saturated rings. The van der Waals surface area contributed by atoms with Gasteiger partial charge in [-0.15, -0.1) is 0 Å². The van der Waals surface area contributed by atoms with E-state index in [1.807, 2.05) is 12.1 Å². The van der Waals surface area contributed by atoms with Crippen LogP contribution in [0.25, 0.3) is 0 Å². The first kappa shape index (κ1) is 11.8. The van der Waals surface area contributed by atoms with E-state index in [2.05, 4.69) is 16.8 Å². The number of aldehydes is 2. The Bertz CT molecular complexity index is 423. The lowest BCUT2D eigenvalue weighted by Crippen LogP contribution is -2.44. The van der Waals surface area contributed by atoms with Crippen LogP contribution in [-0.4, -0.2) is 50.7 Å². The Morgan fingerprint density at radius 3 is 2.35 bits per heavy atom. The van der Waals surface area contributed by atoms with Crippen LogP contribution in [0.5, 0.6) is 0 Å². The minimum atomic E-state index is 0.469. The average molecular weight is 232 g/mol. The van der Waals surface area contributed by atoms with Crippen LogP contribution in [0.3, 0.4) is 0 Å². The van der Waals surface area contributed by atoms with Gasteiger partial charge in [0.2, 0.25) is 0 Å². The summed E-state index contributed by atoms with van der Waals surface area (Å²) in [4.78, 5) is 26.4. The Hall–Kier alpha value is -1.68. The van der Waals surface area contributed by atoms with E-state index in [-0.39, 0.29) is 0 Å². The molecule has 1 saturated heterocycles. The summed E-state index contributed by atoms with van der Waals surface area (Å²) in [5.41, 5.74) is 1.85. The maximum atomic E-state index is 11.1. The van der Waals surface area contributed by atoms with Crippen LogP contribution in [0.15, 0.2) is 18.2 Å². The molecule has 0 atom stereocenters. The Balaban J connectivity index is 2.31. The quantitative estimate of drug-likeness (QED) is 0.731. The maximum absolute atomic E-state index is 11.1. The van der Waals surface area contributed by atoms with Gasteiger partial charge in [-0.3, -0.25) is 9.59 Å². The van der Waals surface area contributed by atoms with E-state index < -0.39 is 0 Å². The van der Waals surface area contributed by atoms with Crippen molar-refractivity contribution in [3.8, 4) is 0 Å². The van der Waals surface area contributed by atoms with Gasteiger partial charge in [0.1, 0.15) is 0 Å². The normalized spacial score (nSPS) is 16.9. The molecular formula is C13H16N2O2. The minimum absolute atomic E-state index is 0.469. The van der Waals surface area contributed by atoms with Crippen LogP contribution in [0.4, 0.5) is 5.69 Å². The number of piperazine rings is 1. The number of nitrogens with zero attached hydrogens (tertiary/aromatic N) is 2. The van der Waals surface area contributed by atoms with Crippen molar-refractivity contribution >= 4 is 18.3 Å². The molecule has 4 nitrogen and oxygen atoms in total. The second-order valence-corrected chi connectivity index (χ2v) is 4.31. The van der Waals surface area contributed by atoms with Crippen molar-refractivity contribution < 1.29 is 9.59 Å². The Kier molecular flexibility index (Phi) is 3.54. The molecule has 4 heteroatoms. The largest absolute Gasteiger partial charge is 0.368 e. The van der Waals surface area contributed by atoms with Crippen molar-refractivity contribution in [2.45, 2.75) is 0 Å². The van der Waals surface area contributed by atoms with Crippen molar-refractivity contribution in [2.75, 3.05) is 38.1 Å². The third kappa shape index (κ3) is 2.36. The monoisotopic (exact) mass is 232 g/mol. The summed E-state index contributed by atoms with van der Waals surface area (Å²) < 4.78 is 0. The summed E-state index contributed by atoms with van der Waals surface area (Å²) in [6.07, 6.45) is 1.51. The third-order valence-electron chi connectivity index (χ3n) is 3.21. The molecule has 0 bridgehead atoms. The number of hydrogen-bond acceptors (Lipinski definition) is 4. The molecule has 1 heterocycles. The van der Waals surface area contributed by atoms with Crippen molar-refractivity contribution in [3.63, 3.8) is 0 Å². The van der Waals surface area contributed by atoms with Crippen LogP contribution in [-0.2, 0) is 0 Å². The van der Waals surface area contributed by atoms with Gasteiger partial charge < -0.3 is 9.80 Å². The highest BCUT2D eigenvalue weighted by Gasteiger charge is 2.18. The van der Waals surface area contributed by atoms with Crippen LogP contribution in [0.2, 0.25) is 0 Å². The molecule has 1 aliphatic rings. The highest BCUT2D eigenvalue weighted by Crippen LogP contribution is 2.22. The summed E-state index contributed by atoms with van der Waals surface area (Å²) in [6, 6.07) is 5.41. The zero-order valence-corrected chi connectivity index (χ0v) is 9.93. The average Bonchev–Trinajstić information content (AvgIpc) is 2.38. The zero-order chi connectivity index (χ0) is 12.3. The maximum Gasteiger partial charge on any atom is 0.152 e. The standard InChI is InChI=1S/C13H16N2O2/c1-14-5-7-15(8-6-14)13-4-2-3-11(9-16)12(13)10-17/h2-4,9-10H,5-8H2,1H3. The van der Waals surface area contributed by atoms with E-state index in [0.29, 0.717) is 11.1 Å². The fraction of sp³-hybridized carbons (Fsp3) is 0.385. The number of carbonyl (C=O) groups is 2. The number of rotatable bonds is 3. The van der Waals surface area contributed by atoms with Gasteiger partial charge in [-0.1, -0.05) is 12.1 Å². The molecule has 1 aromatic carbocycles. The van der Waals surface area contributed by atoms with E-state index >= 15 is 0 Å². The third-order valence-corrected chi connectivity index (χ3v) is 3.21. The molecule has 0 N–H and O–H groups in total. The van der Waals surface area contributed by atoms with Crippen molar-refractivity contribution in [1.82, 2.24) is 4.90 Å². The van der Waals surface area contributed by atoms with Gasteiger partial charge >= 0.3 is 0 Å². The van der Waals surface area contributed by atoms with Crippen molar-refractivity contribution in [3.05, 3.63) is 29.3 Å². The van der Waals surface area contributed by atoms with E-state index in [4.69, 9.17) is 0 Å². The molecule has 1 aromatic rings. The van der Waals surface area contributed by atoms with Crippen LogP contribution >= 0.6 is 0 Å². The second-order valence-electron chi connectivity index (χ2n) is 4.31. The fourth-order valence-electron chi connectivity index (χ4n) is 2.12. The van der Waals surface area contributed by atoms with Crippen LogP contribution in [0.1, 0.15) is 20.7 Å². The smallest absolute Gasteiger partial charge is 0.152 e. The van der Waals surface area contributed by atoms with E-state index in [9.17, 15) is 9.59 Å². The first-order chi connectivity index (χ1) is 8.26. The van der Waals surface area contributed by atoms with Gasteiger partial charge in [-0.2, -0.15) is 0 Å². The molecule has 1 aliphatic heterocycles. The van der Waals surface area contributed by atoms with Crippen LogP contribution in [0, 0.1) is 0 Å². The summed E-state index contributed by atoms with van der Waals surface area (Å²) in [6.45, 7) is 3.73. The Labute approximate surface area is 101 Å². The number of anilines is 1. The molecule has 0 radical (unpaired) electrons. The van der Waals surface area contributed by atoms with Gasteiger partial charge in [0, 0.05) is 43.0 Å². The molecule has 0 aliphatic carbocycles. The highest BCUT2D eigenvalue weighted by atomic mass is 16.1. The molecule has 0 aromatic heterocycles. The fourth-order valence-corrected chi connectivity index (χ4v) is 2.12.